The number of halogens is 1. The highest BCUT2D eigenvalue weighted by Crippen LogP contribution is 2.23. The quantitative estimate of drug-likeness (QED) is 0.903. The summed E-state index contributed by atoms with van der Waals surface area (Å²) < 4.78 is 5.27. The molecule has 0 aliphatic heterocycles. The first kappa shape index (κ1) is 13.1. The molecule has 1 aromatic heterocycles. The van der Waals surface area contributed by atoms with E-state index >= 15 is 0 Å². The lowest BCUT2D eigenvalue weighted by atomic mass is 10.1. The van der Waals surface area contributed by atoms with Gasteiger partial charge in [-0.2, -0.15) is 0 Å². The molecular formula is C14H16ClNO2. The van der Waals surface area contributed by atoms with Gasteiger partial charge >= 0.3 is 0 Å². The Kier molecular flexibility index (Phi) is 4.42. The number of rotatable bonds is 5. The summed E-state index contributed by atoms with van der Waals surface area (Å²) in [7, 11) is 1.93. The fraction of sp³-hybridized carbons (Fsp3) is 0.286. The molecule has 0 fully saturated rings. The van der Waals surface area contributed by atoms with Crippen LogP contribution in [0.1, 0.15) is 17.4 Å². The molecule has 0 aliphatic carbocycles. The van der Waals surface area contributed by atoms with Gasteiger partial charge in [-0.25, -0.2) is 0 Å². The summed E-state index contributed by atoms with van der Waals surface area (Å²) in [4.78, 5) is 1.99. The second kappa shape index (κ2) is 6.05. The van der Waals surface area contributed by atoms with E-state index in [1.165, 1.54) is 0 Å². The van der Waals surface area contributed by atoms with Crippen LogP contribution in [-0.4, -0.2) is 23.6 Å². The predicted molar refractivity (Wildman–Crippen MR) is 71.5 cm³/mol. The van der Waals surface area contributed by atoms with Gasteiger partial charge in [0, 0.05) is 17.1 Å². The number of aliphatic hydroxyl groups is 1. The summed E-state index contributed by atoms with van der Waals surface area (Å²) in [5, 5.41) is 10.7. The minimum atomic E-state index is -0.598. The normalized spacial score (nSPS) is 12.9. The van der Waals surface area contributed by atoms with Crippen molar-refractivity contribution in [1.82, 2.24) is 4.90 Å². The Labute approximate surface area is 112 Å². The summed E-state index contributed by atoms with van der Waals surface area (Å²) >= 11 is 6.05. The number of hydrogen-bond acceptors (Lipinski definition) is 3. The molecule has 1 atom stereocenters. The molecule has 96 valence electrons. The lowest BCUT2D eigenvalue weighted by molar-refractivity contribution is 0.120. The van der Waals surface area contributed by atoms with Crippen molar-refractivity contribution < 1.29 is 9.52 Å². The molecule has 0 amide bonds. The van der Waals surface area contributed by atoms with E-state index in [9.17, 15) is 5.11 Å². The number of aliphatic hydroxyl groups excluding tert-OH is 1. The van der Waals surface area contributed by atoms with Gasteiger partial charge in [-0.1, -0.05) is 29.8 Å². The van der Waals surface area contributed by atoms with E-state index in [4.69, 9.17) is 16.0 Å². The van der Waals surface area contributed by atoms with E-state index in [1.54, 1.807) is 12.3 Å². The van der Waals surface area contributed by atoms with Gasteiger partial charge in [0.1, 0.15) is 5.76 Å². The van der Waals surface area contributed by atoms with Crippen LogP contribution >= 0.6 is 11.6 Å². The minimum Gasteiger partial charge on any atom is -0.468 e. The maximum Gasteiger partial charge on any atom is 0.117 e. The molecule has 1 unspecified atom stereocenters. The van der Waals surface area contributed by atoms with Crippen LogP contribution < -0.4 is 0 Å². The lowest BCUT2D eigenvalue weighted by Gasteiger charge is -2.20. The summed E-state index contributed by atoms with van der Waals surface area (Å²) in [6, 6.07) is 11.1. The lowest BCUT2D eigenvalue weighted by Crippen LogP contribution is -2.24. The Morgan fingerprint density at radius 1 is 1.28 bits per heavy atom. The van der Waals surface area contributed by atoms with Gasteiger partial charge in [-0.3, -0.25) is 4.90 Å². The third-order valence-corrected chi connectivity index (χ3v) is 3.10. The van der Waals surface area contributed by atoms with E-state index < -0.39 is 6.10 Å². The first-order valence-corrected chi connectivity index (χ1v) is 6.18. The first-order valence-electron chi connectivity index (χ1n) is 5.80. The highest BCUT2D eigenvalue weighted by Gasteiger charge is 2.14. The predicted octanol–water partition coefficient (Wildman–Crippen LogP) is 3.10. The third-order valence-electron chi connectivity index (χ3n) is 2.75. The molecule has 0 spiro atoms. The largest absolute Gasteiger partial charge is 0.468 e. The van der Waals surface area contributed by atoms with Crippen molar-refractivity contribution in [1.29, 1.82) is 0 Å². The van der Waals surface area contributed by atoms with Gasteiger partial charge in [0.15, 0.2) is 0 Å². The highest BCUT2D eigenvalue weighted by atomic mass is 35.5. The molecule has 4 heteroatoms. The molecule has 0 saturated carbocycles. The Hall–Kier alpha value is -1.29. The molecule has 0 bridgehead atoms. The van der Waals surface area contributed by atoms with Crippen LogP contribution in [0, 0.1) is 0 Å². The smallest absolute Gasteiger partial charge is 0.117 e. The number of furan rings is 1. The first-order chi connectivity index (χ1) is 8.66. The topological polar surface area (TPSA) is 36.6 Å². The maximum absolute atomic E-state index is 10.1. The summed E-state index contributed by atoms with van der Waals surface area (Å²) in [5.74, 6) is 0.879. The fourth-order valence-electron chi connectivity index (χ4n) is 1.87. The van der Waals surface area contributed by atoms with E-state index in [0.29, 0.717) is 18.1 Å². The van der Waals surface area contributed by atoms with Gasteiger partial charge in [0.2, 0.25) is 0 Å². The summed E-state index contributed by atoms with van der Waals surface area (Å²) in [5.41, 5.74) is 0.755. The minimum absolute atomic E-state index is 0.504. The Balaban J connectivity index is 1.95. The highest BCUT2D eigenvalue weighted by molar-refractivity contribution is 6.31. The van der Waals surface area contributed by atoms with Crippen molar-refractivity contribution in [3.05, 3.63) is 59.0 Å². The molecule has 0 aliphatic rings. The molecule has 3 nitrogen and oxygen atoms in total. The van der Waals surface area contributed by atoms with E-state index in [-0.39, 0.29) is 0 Å². The zero-order valence-electron chi connectivity index (χ0n) is 10.2. The van der Waals surface area contributed by atoms with Gasteiger partial charge < -0.3 is 9.52 Å². The molecule has 1 heterocycles. The van der Waals surface area contributed by atoms with Gasteiger partial charge in [0.25, 0.3) is 0 Å². The molecule has 2 rings (SSSR count). The zero-order valence-corrected chi connectivity index (χ0v) is 11.0. The Morgan fingerprint density at radius 3 is 2.72 bits per heavy atom. The molecule has 1 N–H and O–H groups in total. The SMILES string of the molecule is CN(Cc1ccco1)CC(O)c1ccccc1Cl. The number of likely N-dealkylation sites (N-methyl/N-ethyl adjacent to an activating group) is 1. The monoisotopic (exact) mass is 265 g/mol. The molecule has 18 heavy (non-hydrogen) atoms. The van der Waals surface area contributed by atoms with Crippen LogP contribution in [0.2, 0.25) is 5.02 Å². The zero-order chi connectivity index (χ0) is 13.0. The van der Waals surface area contributed by atoms with Gasteiger partial charge in [-0.15, -0.1) is 0 Å². The van der Waals surface area contributed by atoms with Crippen molar-refractivity contribution in [2.75, 3.05) is 13.6 Å². The maximum atomic E-state index is 10.1. The van der Waals surface area contributed by atoms with E-state index in [1.807, 2.05) is 42.3 Å². The molecule has 1 aromatic carbocycles. The van der Waals surface area contributed by atoms with E-state index in [2.05, 4.69) is 0 Å². The van der Waals surface area contributed by atoms with Crippen molar-refractivity contribution >= 4 is 11.6 Å². The average Bonchev–Trinajstić information content (AvgIpc) is 2.82. The summed E-state index contributed by atoms with van der Waals surface area (Å²) in [6.07, 6.45) is 1.05. The summed E-state index contributed by atoms with van der Waals surface area (Å²) in [6.45, 7) is 1.17. The fourth-order valence-corrected chi connectivity index (χ4v) is 2.13. The van der Waals surface area contributed by atoms with Crippen molar-refractivity contribution in [2.24, 2.45) is 0 Å². The molecule has 0 saturated heterocycles. The van der Waals surface area contributed by atoms with Crippen LogP contribution in [-0.2, 0) is 6.54 Å². The van der Waals surface area contributed by atoms with Crippen molar-refractivity contribution in [3.8, 4) is 0 Å². The van der Waals surface area contributed by atoms with Crippen molar-refractivity contribution in [2.45, 2.75) is 12.6 Å². The van der Waals surface area contributed by atoms with E-state index in [0.717, 1.165) is 11.3 Å². The van der Waals surface area contributed by atoms with Gasteiger partial charge in [0.05, 0.1) is 18.9 Å². The van der Waals surface area contributed by atoms with Crippen LogP contribution in [0.25, 0.3) is 0 Å². The standard InChI is InChI=1S/C14H16ClNO2/c1-16(9-11-5-4-8-18-11)10-14(17)12-6-2-3-7-13(12)15/h2-8,14,17H,9-10H2,1H3. The van der Waals surface area contributed by atoms with Crippen LogP contribution in [0.15, 0.2) is 47.1 Å². The molecular weight excluding hydrogens is 250 g/mol. The average molecular weight is 266 g/mol. The third kappa shape index (κ3) is 3.35. The van der Waals surface area contributed by atoms with Crippen LogP contribution in [0.5, 0.6) is 0 Å². The Bertz CT molecular complexity index is 484. The van der Waals surface area contributed by atoms with Crippen LogP contribution in [0.3, 0.4) is 0 Å². The molecule has 0 radical (unpaired) electrons. The number of nitrogens with zero attached hydrogens (tertiary/aromatic N) is 1. The number of benzene rings is 1. The van der Waals surface area contributed by atoms with Crippen LogP contribution in [0.4, 0.5) is 0 Å². The molecule has 2 aromatic rings. The Morgan fingerprint density at radius 2 is 2.06 bits per heavy atom. The van der Waals surface area contributed by atoms with Gasteiger partial charge in [-0.05, 0) is 25.2 Å². The number of hydrogen-bond donors (Lipinski definition) is 1. The second-order valence-corrected chi connectivity index (χ2v) is 4.72. The van der Waals surface area contributed by atoms with Crippen molar-refractivity contribution in [3.63, 3.8) is 0 Å². The second-order valence-electron chi connectivity index (χ2n) is 4.31.